The van der Waals surface area contributed by atoms with E-state index in [4.69, 9.17) is 4.74 Å². The van der Waals surface area contributed by atoms with E-state index in [2.05, 4.69) is 5.10 Å². The minimum Gasteiger partial charge on any atom is -0.444 e. The van der Waals surface area contributed by atoms with Crippen molar-refractivity contribution in [2.45, 2.75) is 45.9 Å². The van der Waals surface area contributed by atoms with Gasteiger partial charge in [0, 0.05) is 38.4 Å². The number of likely N-dealkylation sites (N-methyl/N-ethyl adjacent to an activating group) is 2. The van der Waals surface area contributed by atoms with Gasteiger partial charge in [-0.2, -0.15) is 5.10 Å². The minimum atomic E-state index is -0.644. The summed E-state index contributed by atoms with van der Waals surface area (Å²) in [7, 11) is 5.47. The van der Waals surface area contributed by atoms with Crippen LogP contribution in [0.3, 0.4) is 0 Å². The summed E-state index contributed by atoms with van der Waals surface area (Å²) in [5.74, 6) is 0. The van der Waals surface area contributed by atoms with E-state index in [0.717, 1.165) is 11.3 Å². The lowest BCUT2D eigenvalue weighted by Crippen LogP contribution is -2.42. The summed E-state index contributed by atoms with van der Waals surface area (Å²) in [6.45, 7) is 8.86. The van der Waals surface area contributed by atoms with Crippen molar-refractivity contribution in [3.8, 4) is 0 Å². The van der Waals surface area contributed by atoms with Gasteiger partial charge >= 0.3 is 6.09 Å². The summed E-state index contributed by atoms with van der Waals surface area (Å²) in [5.41, 5.74) is 1.70. The number of aromatic nitrogens is 2. The van der Waals surface area contributed by atoms with Gasteiger partial charge in [0.2, 0.25) is 0 Å². The average molecular weight is 326 g/mol. The van der Waals surface area contributed by atoms with E-state index in [9.17, 15) is 9.90 Å². The molecule has 0 aliphatic heterocycles. The van der Waals surface area contributed by atoms with E-state index in [1.165, 1.54) is 4.90 Å². The maximum Gasteiger partial charge on any atom is 0.410 e. The summed E-state index contributed by atoms with van der Waals surface area (Å²) in [6.07, 6.45) is 0.766. The zero-order chi connectivity index (χ0) is 17.8. The Hall–Kier alpha value is -1.60. The highest BCUT2D eigenvalue weighted by Gasteiger charge is 2.22. The molecule has 23 heavy (non-hydrogen) atoms. The monoisotopic (exact) mass is 326 g/mol. The van der Waals surface area contributed by atoms with Crippen molar-refractivity contribution in [1.29, 1.82) is 0 Å². The van der Waals surface area contributed by atoms with Gasteiger partial charge in [0.25, 0.3) is 0 Å². The van der Waals surface area contributed by atoms with Crippen LogP contribution in [0.5, 0.6) is 0 Å². The van der Waals surface area contributed by atoms with E-state index in [-0.39, 0.29) is 6.54 Å². The molecule has 0 aliphatic rings. The van der Waals surface area contributed by atoms with Gasteiger partial charge in [-0.15, -0.1) is 0 Å². The summed E-state index contributed by atoms with van der Waals surface area (Å²) >= 11 is 0. The van der Waals surface area contributed by atoms with Crippen LogP contribution in [0.2, 0.25) is 0 Å². The summed E-state index contributed by atoms with van der Waals surface area (Å²) < 4.78 is 7.10. The van der Waals surface area contributed by atoms with Gasteiger partial charge < -0.3 is 14.7 Å². The summed E-state index contributed by atoms with van der Waals surface area (Å²) in [6, 6.07) is 0. The number of aliphatic hydroxyl groups is 1. The normalized spacial score (nSPS) is 13.3. The Balaban J connectivity index is 2.44. The molecule has 132 valence electrons. The van der Waals surface area contributed by atoms with Crippen molar-refractivity contribution < 1.29 is 14.6 Å². The molecule has 1 aromatic heterocycles. The first-order valence-electron chi connectivity index (χ1n) is 7.78. The molecule has 1 aromatic rings. The highest BCUT2D eigenvalue weighted by atomic mass is 16.6. The standard InChI is InChI=1S/C16H30N4O3/c1-12-13(8-17-20(12)7)9-18(5)10-14(21)11-19(6)15(22)23-16(2,3)4/h8,14,21H,9-11H2,1-7H3. The molecule has 0 aliphatic carbocycles. The Morgan fingerprint density at radius 2 is 2.00 bits per heavy atom. The molecule has 7 heteroatoms. The first-order valence-corrected chi connectivity index (χ1v) is 7.78. The van der Waals surface area contributed by atoms with Crippen LogP contribution in [0.1, 0.15) is 32.0 Å². The van der Waals surface area contributed by atoms with Gasteiger partial charge in [0.05, 0.1) is 18.8 Å². The van der Waals surface area contributed by atoms with Crippen LogP contribution in [-0.2, 0) is 18.3 Å². The number of hydrogen-bond donors (Lipinski definition) is 1. The molecule has 1 rings (SSSR count). The third-order valence-electron chi connectivity index (χ3n) is 3.49. The van der Waals surface area contributed by atoms with Crippen LogP contribution < -0.4 is 0 Å². The van der Waals surface area contributed by atoms with Gasteiger partial charge in [-0.05, 0) is 34.7 Å². The predicted molar refractivity (Wildman–Crippen MR) is 89.1 cm³/mol. The summed E-state index contributed by atoms with van der Waals surface area (Å²) in [4.78, 5) is 15.3. The number of hydrogen-bond acceptors (Lipinski definition) is 5. The Bertz CT molecular complexity index is 522. The molecule has 0 saturated carbocycles. The second-order valence-electron chi connectivity index (χ2n) is 7.09. The van der Waals surface area contributed by atoms with E-state index in [1.54, 1.807) is 7.05 Å². The lowest BCUT2D eigenvalue weighted by Gasteiger charge is -2.27. The molecule has 1 N–H and O–H groups in total. The topological polar surface area (TPSA) is 70.8 Å². The third kappa shape index (κ3) is 6.58. The molecule has 0 spiro atoms. The average Bonchev–Trinajstić information content (AvgIpc) is 2.68. The van der Waals surface area contributed by atoms with Gasteiger partial charge in [0.15, 0.2) is 0 Å². The zero-order valence-corrected chi connectivity index (χ0v) is 15.3. The highest BCUT2D eigenvalue weighted by Crippen LogP contribution is 2.11. The fourth-order valence-corrected chi connectivity index (χ4v) is 2.20. The van der Waals surface area contributed by atoms with Gasteiger partial charge in [0.1, 0.15) is 5.60 Å². The van der Waals surface area contributed by atoms with Crippen LogP contribution in [0.4, 0.5) is 4.79 Å². The van der Waals surface area contributed by atoms with Gasteiger partial charge in [-0.3, -0.25) is 9.58 Å². The summed E-state index contributed by atoms with van der Waals surface area (Å²) in [5, 5.41) is 14.4. The van der Waals surface area contributed by atoms with E-state index in [1.807, 2.05) is 57.6 Å². The van der Waals surface area contributed by atoms with Crippen molar-refractivity contribution in [2.24, 2.45) is 7.05 Å². The number of nitrogens with zero attached hydrogens (tertiary/aromatic N) is 4. The van der Waals surface area contributed by atoms with Crippen molar-refractivity contribution >= 4 is 6.09 Å². The molecule has 0 aromatic carbocycles. The molecule has 0 bridgehead atoms. The Morgan fingerprint density at radius 3 is 2.48 bits per heavy atom. The van der Waals surface area contributed by atoms with E-state index >= 15 is 0 Å². The van der Waals surface area contributed by atoms with Crippen LogP contribution in [0.25, 0.3) is 0 Å². The van der Waals surface area contributed by atoms with Gasteiger partial charge in [-0.25, -0.2) is 4.79 Å². The van der Waals surface area contributed by atoms with Crippen LogP contribution >= 0.6 is 0 Å². The molecule has 0 radical (unpaired) electrons. The maximum absolute atomic E-state index is 11.9. The first-order chi connectivity index (χ1) is 10.5. The SMILES string of the molecule is Cc1c(CN(C)CC(O)CN(C)C(=O)OC(C)(C)C)cnn1C. The number of rotatable bonds is 6. The highest BCUT2D eigenvalue weighted by molar-refractivity contribution is 5.67. The third-order valence-corrected chi connectivity index (χ3v) is 3.49. The second-order valence-corrected chi connectivity index (χ2v) is 7.09. The lowest BCUT2D eigenvalue weighted by atomic mass is 10.2. The van der Waals surface area contributed by atoms with Gasteiger partial charge in [-0.1, -0.05) is 0 Å². The smallest absolute Gasteiger partial charge is 0.410 e. The number of ether oxygens (including phenoxy) is 1. The fraction of sp³-hybridized carbons (Fsp3) is 0.750. The Labute approximate surface area is 138 Å². The van der Waals surface area contributed by atoms with E-state index < -0.39 is 17.8 Å². The van der Waals surface area contributed by atoms with Crippen LogP contribution in [0, 0.1) is 6.92 Å². The zero-order valence-electron chi connectivity index (χ0n) is 15.3. The quantitative estimate of drug-likeness (QED) is 0.855. The Kier molecular flexibility index (Phi) is 6.58. The fourth-order valence-electron chi connectivity index (χ4n) is 2.20. The lowest BCUT2D eigenvalue weighted by molar-refractivity contribution is 0.0173. The second kappa shape index (κ2) is 7.79. The molecular weight excluding hydrogens is 296 g/mol. The molecule has 1 atom stereocenters. The number of aryl methyl sites for hydroxylation is 1. The number of carbonyl (C=O) groups is 1. The predicted octanol–water partition coefficient (Wildman–Crippen LogP) is 1.39. The van der Waals surface area contributed by atoms with Crippen LogP contribution in [-0.4, -0.2) is 69.7 Å². The first kappa shape index (κ1) is 19.4. The molecule has 1 unspecified atom stereocenters. The largest absolute Gasteiger partial charge is 0.444 e. The van der Waals surface area contributed by atoms with Crippen molar-refractivity contribution in [1.82, 2.24) is 19.6 Å². The molecular formula is C16H30N4O3. The number of carbonyl (C=O) groups excluding carboxylic acids is 1. The Morgan fingerprint density at radius 1 is 1.39 bits per heavy atom. The number of amides is 1. The molecule has 1 amide bonds. The molecule has 7 nitrogen and oxygen atoms in total. The van der Waals surface area contributed by atoms with E-state index in [0.29, 0.717) is 13.1 Å². The van der Waals surface area contributed by atoms with Crippen molar-refractivity contribution in [2.75, 3.05) is 27.2 Å². The minimum absolute atomic E-state index is 0.227. The molecule has 0 saturated heterocycles. The molecule has 1 heterocycles. The van der Waals surface area contributed by atoms with Crippen molar-refractivity contribution in [3.05, 3.63) is 17.5 Å². The van der Waals surface area contributed by atoms with Crippen molar-refractivity contribution in [3.63, 3.8) is 0 Å². The maximum atomic E-state index is 11.9. The number of aliphatic hydroxyl groups excluding tert-OH is 1. The molecule has 0 fully saturated rings. The van der Waals surface area contributed by atoms with Crippen LogP contribution in [0.15, 0.2) is 6.20 Å².